The Labute approximate surface area is 157 Å². The second kappa shape index (κ2) is 7.92. The van der Waals surface area contributed by atoms with Gasteiger partial charge in [-0.2, -0.15) is 0 Å². The number of rotatable bonds is 5. The van der Waals surface area contributed by atoms with Gasteiger partial charge in [0.15, 0.2) is 16.4 Å². The fourth-order valence-electron chi connectivity index (χ4n) is 3.66. The number of carbonyl (C=O) groups excluding carboxylic acids is 2. The molecule has 1 aromatic rings. The third-order valence-electron chi connectivity index (χ3n) is 4.90. The minimum atomic E-state index is -3.10. The van der Waals surface area contributed by atoms with Gasteiger partial charge < -0.3 is 9.64 Å². The van der Waals surface area contributed by atoms with Gasteiger partial charge in [0, 0.05) is 18.3 Å². The van der Waals surface area contributed by atoms with E-state index in [0.717, 1.165) is 25.7 Å². The molecule has 1 atom stereocenters. The van der Waals surface area contributed by atoms with Crippen LogP contribution in [0.25, 0.3) is 0 Å². The molecule has 2 fully saturated rings. The van der Waals surface area contributed by atoms with Crippen LogP contribution in [0.5, 0.6) is 0 Å². The number of amides is 1. The minimum absolute atomic E-state index is 0.00963. The summed E-state index contributed by atoms with van der Waals surface area (Å²) in [5.41, 5.74) is 0.207. The molecule has 0 bridgehead atoms. The lowest BCUT2D eigenvalue weighted by atomic mass is 10.1. The van der Waals surface area contributed by atoms with Gasteiger partial charge in [0.05, 0.1) is 17.1 Å². The fraction of sp³-hybridized carbons (Fsp3) is 0.588. The first-order valence-corrected chi connectivity index (χ1v) is 10.9. The Kier molecular flexibility index (Phi) is 5.82. The molecule has 9 heteroatoms. The van der Waals surface area contributed by atoms with Crippen molar-refractivity contribution in [1.82, 2.24) is 9.88 Å². The minimum Gasteiger partial charge on any atom is -0.452 e. The number of nitrogens with zero attached hydrogens (tertiary/aromatic N) is 2. The molecule has 0 aromatic carbocycles. The van der Waals surface area contributed by atoms with Crippen LogP contribution < -0.4 is 0 Å². The van der Waals surface area contributed by atoms with E-state index in [1.165, 1.54) is 18.3 Å². The van der Waals surface area contributed by atoms with E-state index in [-0.39, 0.29) is 40.2 Å². The van der Waals surface area contributed by atoms with Gasteiger partial charge in [0.2, 0.25) is 0 Å². The van der Waals surface area contributed by atoms with E-state index in [4.69, 9.17) is 16.3 Å². The highest BCUT2D eigenvalue weighted by molar-refractivity contribution is 7.91. The molecule has 0 spiro atoms. The van der Waals surface area contributed by atoms with E-state index in [9.17, 15) is 18.0 Å². The van der Waals surface area contributed by atoms with Crippen LogP contribution in [0.15, 0.2) is 18.3 Å². The van der Waals surface area contributed by atoms with Crippen LogP contribution in [0.2, 0.25) is 5.15 Å². The number of aromatic nitrogens is 1. The zero-order valence-corrected chi connectivity index (χ0v) is 15.8. The predicted molar refractivity (Wildman–Crippen MR) is 95.7 cm³/mol. The molecular formula is C17H21ClN2O5S. The monoisotopic (exact) mass is 400 g/mol. The zero-order chi connectivity index (χ0) is 18.7. The lowest BCUT2D eigenvalue weighted by molar-refractivity contribution is -0.139. The van der Waals surface area contributed by atoms with Crippen LogP contribution in [0.4, 0.5) is 0 Å². The van der Waals surface area contributed by atoms with Crippen molar-refractivity contribution < 1.29 is 22.7 Å². The largest absolute Gasteiger partial charge is 0.452 e. The summed E-state index contributed by atoms with van der Waals surface area (Å²) in [4.78, 5) is 30.3. The molecule has 3 rings (SSSR count). The summed E-state index contributed by atoms with van der Waals surface area (Å²) >= 11 is 5.68. The molecule has 1 saturated carbocycles. The van der Waals surface area contributed by atoms with Gasteiger partial charge in [-0.15, -0.1) is 0 Å². The Hall–Kier alpha value is -1.67. The Morgan fingerprint density at radius 1 is 1.19 bits per heavy atom. The lowest BCUT2D eigenvalue weighted by Crippen LogP contribution is -2.48. The third kappa shape index (κ3) is 4.54. The molecule has 2 heterocycles. The van der Waals surface area contributed by atoms with E-state index in [1.807, 2.05) is 0 Å². The fourth-order valence-corrected chi connectivity index (χ4v) is 5.49. The van der Waals surface area contributed by atoms with Crippen molar-refractivity contribution in [3.63, 3.8) is 0 Å². The smallest absolute Gasteiger partial charge is 0.340 e. The van der Waals surface area contributed by atoms with E-state index in [2.05, 4.69) is 4.98 Å². The summed E-state index contributed by atoms with van der Waals surface area (Å²) in [7, 11) is -3.10. The molecule has 0 N–H and O–H groups in total. The summed E-state index contributed by atoms with van der Waals surface area (Å²) in [6.45, 7) is -0.408. The molecule has 1 aliphatic carbocycles. The summed E-state index contributed by atoms with van der Waals surface area (Å²) in [6.07, 6.45) is 5.48. The molecule has 1 amide bonds. The Balaban J connectivity index is 1.65. The van der Waals surface area contributed by atoms with Gasteiger partial charge in [-0.1, -0.05) is 24.4 Å². The number of esters is 1. The molecule has 1 saturated heterocycles. The van der Waals surface area contributed by atoms with Crippen molar-refractivity contribution in [3.8, 4) is 0 Å². The van der Waals surface area contributed by atoms with E-state index in [1.54, 1.807) is 4.90 Å². The van der Waals surface area contributed by atoms with Crippen molar-refractivity contribution in [2.45, 2.75) is 44.2 Å². The molecule has 1 aliphatic heterocycles. The summed E-state index contributed by atoms with van der Waals surface area (Å²) < 4.78 is 28.8. The van der Waals surface area contributed by atoms with Crippen LogP contribution in [0.3, 0.4) is 0 Å². The van der Waals surface area contributed by atoms with Crippen molar-refractivity contribution >= 4 is 33.3 Å². The lowest BCUT2D eigenvalue weighted by Gasteiger charge is -2.33. The van der Waals surface area contributed by atoms with Crippen molar-refractivity contribution in [1.29, 1.82) is 0 Å². The van der Waals surface area contributed by atoms with Gasteiger partial charge in [-0.25, -0.2) is 18.2 Å². The number of carbonyl (C=O) groups is 2. The quantitative estimate of drug-likeness (QED) is 0.553. The molecule has 1 aromatic heterocycles. The topological polar surface area (TPSA) is 93.6 Å². The van der Waals surface area contributed by atoms with Gasteiger partial charge >= 0.3 is 5.97 Å². The van der Waals surface area contributed by atoms with Crippen LogP contribution in [0.1, 0.15) is 42.5 Å². The highest BCUT2D eigenvalue weighted by Crippen LogP contribution is 2.29. The molecule has 0 radical (unpaired) electrons. The molecular weight excluding hydrogens is 380 g/mol. The SMILES string of the molecule is O=C(OCC(=O)N(C1CCCC1)[C@@H]1CCS(=O)(=O)C1)c1ccc(Cl)nc1. The number of hydrogen-bond donors (Lipinski definition) is 0. The van der Waals surface area contributed by atoms with Gasteiger partial charge in [-0.05, 0) is 31.4 Å². The first-order chi connectivity index (χ1) is 12.4. The summed E-state index contributed by atoms with van der Waals surface area (Å²) in [5, 5.41) is 0.257. The molecule has 2 aliphatic rings. The molecule has 26 heavy (non-hydrogen) atoms. The van der Waals surface area contributed by atoms with E-state index in [0.29, 0.717) is 6.42 Å². The molecule has 142 valence electrons. The number of hydrogen-bond acceptors (Lipinski definition) is 6. The maximum absolute atomic E-state index is 12.7. The Bertz CT molecular complexity index is 775. The first kappa shape index (κ1) is 19.1. The maximum atomic E-state index is 12.7. The van der Waals surface area contributed by atoms with Crippen LogP contribution in [-0.4, -0.2) is 60.4 Å². The Morgan fingerprint density at radius 3 is 2.50 bits per heavy atom. The highest BCUT2D eigenvalue weighted by atomic mass is 35.5. The molecule has 7 nitrogen and oxygen atoms in total. The van der Waals surface area contributed by atoms with Crippen molar-refractivity contribution in [3.05, 3.63) is 29.0 Å². The average Bonchev–Trinajstić information content (AvgIpc) is 3.24. The maximum Gasteiger partial charge on any atom is 0.340 e. The second-order valence-electron chi connectivity index (χ2n) is 6.74. The number of ether oxygens (including phenoxy) is 1. The molecule has 0 unspecified atom stereocenters. The summed E-state index contributed by atoms with van der Waals surface area (Å²) in [6, 6.07) is 2.64. The average molecular weight is 401 g/mol. The number of pyridine rings is 1. The summed E-state index contributed by atoms with van der Waals surface area (Å²) in [5.74, 6) is -0.906. The van der Waals surface area contributed by atoms with Crippen LogP contribution in [0, 0.1) is 0 Å². The first-order valence-electron chi connectivity index (χ1n) is 8.66. The second-order valence-corrected chi connectivity index (χ2v) is 9.36. The van der Waals surface area contributed by atoms with Gasteiger partial charge in [0.25, 0.3) is 5.91 Å². The normalized spacial score (nSPS) is 22.3. The van der Waals surface area contributed by atoms with Crippen LogP contribution >= 0.6 is 11.6 Å². The predicted octanol–water partition coefficient (Wildman–Crippen LogP) is 1.85. The van der Waals surface area contributed by atoms with Crippen molar-refractivity contribution in [2.24, 2.45) is 0 Å². The van der Waals surface area contributed by atoms with Crippen LogP contribution in [-0.2, 0) is 19.4 Å². The Morgan fingerprint density at radius 2 is 1.92 bits per heavy atom. The van der Waals surface area contributed by atoms with Gasteiger partial charge in [0.1, 0.15) is 5.15 Å². The highest BCUT2D eigenvalue weighted by Gasteiger charge is 2.39. The van der Waals surface area contributed by atoms with E-state index >= 15 is 0 Å². The van der Waals surface area contributed by atoms with Gasteiger partial charge in [-0.3, -0.25) is 4.79 Å². The third-order valence-corrected chi connectivity index (χ3v) is 6.87. The van der Waals surface area contributed by atoms with E-state index < -0.39 is 22.4 Å². The standard InChI is InChI=1S/C17H21ClN2O5S/c18-15-6-5-12(9-19-15)17(22)25-10-16(21)20(13-3-1-2-4-13)14-7-8-26(23,24)11-14/h5-6,9,13-14H,1-4,7-8,10-11H2/t14-/m1/s1. The number of sulfone groups is 1. The van der Waals surface area contributed by atoms with Crippen molar-refractivity contribution in [2.75, 3.05) is 18.1 Å². The zero-order valence-electron chi connectivity index (χ0n) is 14.3. The number of halogens is 1.